The smallest absolute Gasteiger partial charge is 0.162 e. The Morgan fingerprint density at radius 2 is 1.50 bits per heavy atom. The number of furan rings is 1. The molecule has 6 heteroatoms. The molecule has 0 aliphatic carbocycles. The van der Waals surface area contributed by atoms with Crippen LogP contribution in [0.25, 0.3) is 54.8 Å². The first-order chi connectivity index (χ1) is 19.0. The molecular weight excluding hydrogens is 679 g/mol. The van der Waals surface area contributed by atoms with Crippen LogP contribution in [0.15, 0.2) is 81.5 Å². The van der Waals surface area contributed by atoms with Crippen LogP contribution in [0.3, 0.4) is 0 Å². The molecule has 0 unspecified atom stereocenters. The quantitative estimate of drug-likeness (QED) is 0.101. The Labute approximate surface area is 247 Å². The molecule has 0 aliphatic heterocycles. The molecule has 1 N–H and O–H groups in total. The molecule has 3 aromatic heterocycles. The molecule has 3 heterocycles. The van der Waals surface area contributed by atoms with Gasteiger partial charge in [-0.1, -0.05) is 57.3 Å². The molecule has 0 fully saturated rings. The zero-order valence-corrected chi connectivity index (χ0v) is 25.7. The number of aliphatic hydroxyl groups is 1. The number of carbonyl (C=O) groups excluding carboxylic acids is 1. The molecule has 1 radical (unpaired) electrons. The van der Waals surface area contributed by atoms with Crippen LogP contribution >= 0.6 is 0 Å². The van der Waals surface area contributed by atoms with Crippen molar-refractivity contribution in [2.24, 2.45) is 11.8 Å². The maximum absolute atomic E-state index is 11.7. The minimum atomic E-state index is 0. The van der Waals surface area contributed by atoms with Crippen LogP contribution < -0.4 is 0 Å². The van der Waals surface area contributed by atoms with Crippen molar-refractivity contribution in [3.8, 4) is 0 Å². The van der Waals surface area contributed by atoms with Gasteiger partial charge in [-0.15, -0.1) is 17.5 Å². The number of hydrogen-bond donors (Lipinski definition) is 1. The average molecular weight is 713 g/mol. The maximum atomic E-state index is 11.7. The van der Waals surface area contributed by atoms with Crippen LogP contribution in [0.1, 0.15) is 53.4 Å². The molecule has 5 nitrogen and oxygen atoms in total. The summed E-state index contributed by atoms with van der Waals surface area (Å²) < 4.78 is 12.4. The van der Waals surface area contributed by atoms with Gasteiger partial charge in [-0.2, -0.15) is 0 Å². The predicted molar refractivity (Wildman–Crippen MR) is 159 cm³/mol. The summed E-state index contributed by atoms with van der Waals surface area (Å²) in [4.78, 5) is 16.3. The number of aliphatic hydroxyl groups excluding tert-OH is 1. The molecule has 209 valence electrons. The minimum Gasteiger partial charge on any atom is -0.512 e. The van der Waals surface area contributed by atoms with Crippen LogP contribution in [0.4, 0.5) is 0 Å². The first-order valence-electron chi connectivity index (χ1n) is 13.9. The first kappa shape index (κ1) is 29.5. The van der Waals surface area contributed by atoms with E-state index in [4.69, 9.17) is 8.83 Å². The van der Waals surface area contributed by atoms with E-state index >= 15 is 0 Å². The van der Waals surface area contributed by atoms with E-state index < -0.39 is 0 Å². The van der Waals surface area contributed by atoms with Gasteiger partial charge in [0.2, 0.25) is 0 Å². The van der Waals surface area contributed by atoms with Crippen molar-refractivity contribution in [3.63, 3.8) is 0 Å². The van der Waals surface area contributed by atoms with Crippen molar-refractivity contribution >= 4 is 60.6 Å². The van der Waals surface area contributed by atoms with Gasteiger partial charge in [0.25, 0.3) is 0 Å². The van der Waals surface area contributed by atoms with Gasteiger partial charge >= 0.3 is 0 Å². The number of nitrogens with zero attached hydrogens (tertiary/aromatic N) is 1. The fourth-order valence-electron chi connectivity index (χ4n) is 5.35. The molecular formula is C34H34IrNO4-. The number of benzene rings is 3. The number of rotatable bonds is 7. The fraction of sp³-hybridized carbons (Fsp3) is 0.294. The summed E-state index contributed by atoms with van der Waals surface area (Å²) in [5, 5.41) is 14.8. The minimum absolute atomic E-state index is 0. The van der Waals surface area contributed by atoms with Crippen LogP contribution in [0.2, 0.25) is 0 Å². The molecule has 0 spiro atoms. The molecule has 0 atom stereocenters. The standard InChI is InChI=1S/C21H10NO2.C13H24O2.Ir/c1-2-6-13-12(5-1)11-14-18-19-15(7-3-8-16(19)24-21(13)18)23-17-9-4-10-22-20(14)17;1-5-10(6-2)12(14)9-13(15)11(7-3)8-4;/h1-10H;9-11,14H,5-8H2,1-4H3;/q-1;;/b;12-9-;. The Bertz CT molecular complexity index is 1810. The monoisotopic (exact) mass is 713 g/mol. The summed E-state index contributed by atoms with van der Waals surface area (Å²) in [7, 11) is 0. The summed E-state index contributed by atoms with van der Waals surface area (Å²) >= 11 is 0. The van der Waals surface area contributed by atoms with Crippen molar-refractivity contribution in [2.75, 3.05) is 0 Å². The molecule has 6 rings (SSSR count). The van der Waals surface area contributed by atoms with Gasteiger partial charge < -0.3 is 13.9 Å². The van der Waals surface area contributed by atoms with Crippen molar-refractivity contribution in [3.05, 3.63) is 78.7 Å². The Balaban J connectivity index is 0.000000204. The number of pyridine rings is 1. The van der Waals surface area contributed by atoms with E-state index in [1.54, 1.807) is 6.20 Å². The van der Waals surface area contributed by atoms with E-state index in [0.717, 1.165) is 80.5 Å². The van der Waals surface area contributed by atoms with Gasteiger partial charge in [0.15, 0.2) is 5.78 Å². The SMILES string of the molecule is CCC(CC)C(=O)/C=C(\O)C(CC)CC.[Ir].[c-]1c2ccccc2c2oc3cccc4oc5cccnc5c1c2c43. The topological polar surface area (TPSA) is 76.5 Å². The van der Waals surface area contributed by atoms with E-state index in [1.165, 1.54) is 6.08 Å². The normalized spacial score (nSPS) is 12.0. The largest absolute Gasteiger partial charge is 0.512 e. The zero-order valence-electron chi connectivity index (χ0n) is 23.3. The third-order valence-electron chi connectivity index (χ3n) is 7.67. The van der Waals surface area contributed by atoms with Gasteiger partial charge in [0.05, 0.1) is 11.3 Å². The van der Waals surface area contributed by atoms with Crippen LogP contribution in [0, 0.1) is 17.9 Å². The first-order valence-corrected chi connectivity index (χ1v) is 13.9. The second kappa shape index (κ2) is 12.8. The Kier molecular flexibility index (Phi) is 9.44. The number of allylic oxidation sites excluding steroid dienone is 2. The molecule has 3 aromatic carbocycles. The van der Waals surface area contributed by atoms with E-state index in [9.17, 15) is 9.90 Å². The van der Waals surface area contributed by atoms with Crippen molar-refractivity contribution in [2.45, 2.75) is 53.4 Å². The van der Waals surface area contributed by atoms with Crippen molar-refractivity contribution in [1.82, 2.24) is 4.98 Å². The number of ketones is 1. The molecule has 0 saturated heterocycles. The number of hydrogen-bond acceptors (Lipinski definition) is 5. The van der Waals surface area contributed by atoms with Crippen molar-refractivity contribution < 1.29 is 38.8 Å². The zero-order chi connectivity index (χ0) is 27.5. The second-order valence-electron chi connectivity index (χ2n) is 9.93. The van der Waals surface area contributed by atoms with E-state index in [2.05, 4.69) is 17.1 Å². The fourth-order valence-corrected chi connectivity index (χ4v) is 5.35. The second-order valence-corrected chi connectivity index (χ2v) is 9.93. The molecule has 0 aliphatic rings. The van der Waals surface area contributed by atoms with Gasteiger partial charge in [-0.25, -0.2) is 0 Å². The van der Waals surface area contributed by atoms with Crippen LogP contribution in [-0.4, -0.2) is 15.9 Å². The van der Waals surface area contributed by atoms with E-state index in [0.29, 0.717) is 0 Å². The Hall–Kier alpha value is -3.47. The van der Waals surface area contributed by atoms with E-state index in [-0.39, 0.29) is 43.5 Å². The number of fused-ring (bicyclic) bond motifs is 4. The van der Waals surface area contributed by atoms with E-state index in [1.807, 2.05) is 76.2 Å². The third kappa shape index (κ3) is 5.43. The predicted octanol–water partition coefficient (Wildman–Crippen LogP) is 9.70. The number of carbonyl (C=O) groups is 1. The Morgan fingerprint density at radius 3 is 2.20 bits per heavy atom. The molecule has 6 aromatic rings. The summed E-state index contributed by atoms with van der Waals surface area (Å²) in [6.45, 7) is 8.07. The van der Waals surface area contributed by atoms with Crippen LogP contribution in [-0.2, 0) is 24.9 Å². The summed E-state index contributed by atoms with van der Waals surface area (Å²) in [5.41, 5.74) is 4.02. The van der Waals surface area contributed by atoms with Crippen molar-refractivity contribution in [1.29, 1.82) is 0 Å². The summed E-state index contributed by atoms with van der Waals surface area (Å²) in [6.07, 6.45) is 6.69. The molecule has 0 amide bonds. The summed E-state index contributed by atoms with van der Waals surface area (Å²) in [6, 6.07) is 21.4. The van der Waals surface area contributed by atoms with Gasteiger partial charge in [-0.3, -0.25) is 9.78 Å². The summed E-state index contributed by atoms with van der Waals surface area (Å²) in [5.74, 6) is 0.547. The Morgan fingerprint density at radius 1 is 0.850 bits per heavy atom. The molecule has 40 heavy (non-hydrogen) atoms. The van der Waals surface area contributed by atoms with Gasteiger partial charge in [0.1, 0.15) is 16.7 Å². The van der Waals surface area contributed by atoms with Gasteiger partial charge in [0, 0.05) is 55.1 Å². The molecule has 0 saturated carbocycles. The average Bonchev–Trinajstić information content (AvgIpc) is 3.29. The van der Waals surface area contributed by atoms with Crippen LogP contribution in [0.5, 0.6) is 0 Å². The maximum Gasteiger partial charge on any atom is 0.162 e. The number of aromatic nitrogens is 1. The third-order valence-corrected chi connectivity index (χ3v) is 7.67. The molecule has 0 bridgehead atoms. The van der Waals surface area contributed by atoms with Gasteiger partial charge in [-0.05, 0) is 60.7 Å².